The highest BCUT2D eigenvalue weighted by Gasteiger charge is 2.39. The third kappa shape index (κ3) is 8.40. The number of unbranched alkanes of at least 4 members (excludes halogenated alkanes) is 5. The molecule has 0 amide bonds. The average molecular weight is 312 g/mol. The second kappa shape index (κ2) is 10.6. The van der Waals surface area contributed by atoms with Gasteiger partial charge in [-0.05, 0) is 43.9 Å². The average Bonchev–Trinajstić information content (AvgIpc) is 3.19. The number of rotatable bonds is 14. The van der Waals surface area contributed by atoms with E-state index in [1.54, 1.807) is 0 Å². The zero-order chi connectivity index (χ0) is 16.4. The maximum atomic E-state index is 11.4. The Morgan fingerprint density at radius 3 is 2.32 bits per heavy atom. The molecule has 22 heavy (non-hydrogen) atoms. The Morgan fingerprint density at radius 2 is 1.68 bits per heavy atom. The first kappa shape index (κ1) is 19.0. The van der Waals surface area contributed by atoms with E-state index >= 15 is 0 Å². The van der Waals surface area contributed by atoms with Crippen LogP contribution >= 0.6 is 0 Å². The van der Waals surface area contributed by atoms with Crippen LogP contribution in [0.5, 0.6) is 0 Å². The SMILES string of the molecule is CCCCCCCCC(CC1CC1CCCC(=O)O)C(=O)O. The smallest absolute Gasteiger partial charge is 0.306 e. The summed E-state index contributed by atoms with van der Waals surface area (Å²) in [6, 6.07) is 0. The van der Waals surface area contributed by atoms with Crippen molar-refractivity contribution in [3.05, 3.63) is 0 Å². The summed E-state index contributed by atoms with van der Waals surface area (Å²) >= 11 is 0. The molecule has 4 nitrogen and oxygen atoms in total. The molecule has 0 spiro atoms. The monoisotopic (exact) mass is 312 g/mol. The minimum atomic E-state index is -0.733. The molecule has 1 aliphatic rings. The van der Waals surface area contributed by atoms with Gasteiger partial charge in [0.15, 0.2) is 0 Å². The van der Waals surface area contributed by atoms with Crippen molar-refractivity contribution in [2.24, 2.45) is 17.8 Å². The first-order valence-electron chi connectivity index (χ1n) is 8.99. The van der Waals surface area contributed by atoms with Crippen molar-refractivity contribution in [3.8, 4) is 0 Å². The van der Waals surface area contributed by atoms with E-state index in [2.05, 4.69) is 6.92 Å². The molecule has 4 heteroatoms. The molecular weight excluding hydrogens is 280 g/mol. The second-order valence-electron chi connectivity index (χ2n) is 6.87. The first-order chi connectivity index (χ1) is 10.5. The molecule has 1 saturated carbocycles. The summed E-state index contributed by atoms with van der Waals surface area (Å²) in [5, 5.41) is 18.0. The molecular formula is C18H32O4. The molecule has 1 aliphatic carbocycles. The third-order valence-electron chi connectivity index (χ3n) is 4.88. The Balaban J connectivity index is 2.12. The van der Waals surface area contributed by atoms with Gasteiger partial charge in [-0.3, -0.25) is 9.59 Å². The lowest BCUT2D eigenvalue weighted by Crippen LogP contribution is -2.14. The Hall–Kier alpha value is -1.06. The summed E-state index contributed by atoms with van der Waals surface area (Å²) in [7, 11) is 0. The van der Waals surface area contributed by atoms with Gasteiger partial charge in [-0.15, -0.1) is 0 Å². The second-order valence-corrected chi connectivity index (χ2v) is 6.87. The fourth-order valence-electron chi connectivity index (χ4n) is 3.35. The molecule has 0 bridgehead atoms. The van der Waals surface area contributed by atoms with Crippen LogP contribution in [-0.4, -0.2) is 22.2 Å². The van der Waals surface area contributed by atoms with Gasteiger partial charge in [0.05, 0.1) is 5.92 Å². The molecule has 0 saturated heterocycles. The molecule has 0 heterocycles. The number of carbonyl (C=O) groups is 2. The quantitative estimate of drug-likeness (QED) is 0.455. The maximum absolute atomic E-state index is 11.4. The molecule has 0 aromatic rings. The van der Waals surface area contributed by atoms with Gasteiger partial charge in [-0.1, -0.05) is 45.4 Å². The lowest BCUT2D eigenvalue weighted by atomic mass is 9.94. The van der Waals surface area contributed by atoms with Gasteiger partial charge >= 0.3 is 11.9 Å². The van der Waals surface area contributed by atoms with Crippen LogP contribution in [0.15, 0.2) is 0 Å². The molecule has 0 radical (unpaired) electrons. The zero-order valence-corrected chi connectivity index (χ0v) is 13.9. The highest BCUT2D eigenvalue weighted by atomic mass is 16.4. The summed E-state index contributed by atoms with van der Waals surface area (Å²) in [4.78, 5) is 21.8. The van der Waals surface area contributed by atoms with Crippen LogP contribution in [-0.2, 0) is 9.59 Å². The van der Waals surface area contributed by atoms with Crippen molar-refractivity contribution in [3.63, 3.8) is 0 Å². The fraction of sp³-hybridized carbons (Fsp3) is 0.889. The van der Waals surface area contributed by atoms with E-state index < -0.39 is 11.9 Å². The van der Waals surface area contributed by atoms with Crippen molar-refractivity contribution in [2.75, 3.05) is 0 Å². The number of aliphatic carboxylic acids is 2. The van der Waals surface area contributed by atoms with Gasteiger partial charge in [0.2, 0.25) is 0 Å². The van der Waals surface area contributed by atoms with E-state index in [0.717, 1.165) is 44.9 Å². The Bertz CT molecular complexity index is 340. The standard InChI is InChI=1S/C18H32O4/c1-2-3-4-5-6-7-9-15(18(21)22)13-16-12-14(16)10-8-11-17(19)20/h14-16H,2-13H2,1H3,(H,19,20)(H,21,22). The maximum Gasteiger partial charge on any atom is 0.306 e. The molecule has 2 N–H and O–H groups in total. The molecule has 0 aromatic heterocycles. The molecule has 0 aliphatic heterocycles. The van der Waals surface area contributed by atoms with Gasteiger partial charge in [-0.25, -0.2) is 0 Å². The summed E-state index contributed by atoms with van der Waals surface area (Å²) in [5.74, 6) is -0.477. The molecule has 3 atom stereocenters. The number of carboxylic acid groups (broad SMARTS) is 2. The highest BCUT2D eigenvalue weighted by Crippen LogP contribution is 2.47. The molecule has 0 aromatic carbocycles. The molecule has 128 valence electrons. The van der Waals surface area contributed by atoms with Crippen molar-refractivity contribution in [1.29, 1.82) is 0 Å². The van der Waals surface area contributed by atoms with Gasteiger partial charge < -0.3 is 10.2 Å². The lowest BCUT2D eigenvalue weighted by Gasteiger charge is -2.12. The van der Waals surface area contributed by atoms with Gasteiger partial charge in [0.1, 0.15) is 0 Å². The van der Waals surface area contributed by atoms with Crippen molar-refractivity contribution < 1.29 is 19.8 Å². The predicted octanol–water partition coefficient (Wildman–Crippen LogP) is 4.72. The minimum absolute atomic E-state index is 0.194. The van der Waals surface area contributed by atoms with Crippen LogP contribution in [0, 0.1) is 17.8 Å². The summed E-state index contributed by atoms with van der Waals surface area (Å²) < 4.78 is 0. The van der Waals surface area contributed by atoms with Crippen LogP contribution in [0.4, 0.5) is 0 Å². The molecule has 1 rings (SSSR count). The van der Waals surface area contributed by atoms with E-state index in [-0.39, 0.29) is 12.3 Å². The van der Waals surface area contributed by atoms with E-state index in [9.17, 15) is 14.7 Å². The summed E-state index contributed by atoms with van der Waals surface area (Å²) in [6.45, 7) is 2.20. The number of hydrogen-bond donors (Lipinski definition) is 2. The van der Waals surface area contributed by atoms with Crippen molar-refractivity contribution >= 4 is 11.9 Å². The Labute approximate surface area is 134 Å². The van der Waals surface area contributed by atoms with Crippen molar-refractivity contribution in [2.45, 2.75) is 84.0 Å². The minimum Gasteiger partial charge on any atom is -0.481 e. The van der Waals surface area contributed by atoms with E-state index in [1.165, 1.54) is 25.7 Å². The fourth-order valence-corrected chi connectivity index (χ4v) is 3.35. The summed E-state index contributed by atoms with van der Waals surface area (Å²) in [6.07, 6.45) is 11.8. The molecule has 1 fully saturated rings. The Morgan fingerprint density at radius 1 is 1.00 bits per heavy atom. The van der Waals surface area contributed by atoms with E-state index in [0.29, 0.717) is 11.8 Å². The Kier molecular flexibility index (Phi) is 9.17. The van der Waals surface area contributed by atoms with Crippen molar-refractivity contribution in [1.82, 2.24) is 0 Å². The molecule has 3 unspecified atom stereocenters. The topological polar surface area (TPSA) is 74.6 Å². The van der Waals surface area contributed by atoms with Crippen LogP contribution in [0.3, 0.4) is 0 Å². The summed E-state index contributed by atoms with van der Waals surface area (Å²) in [5.41, 5.74) is 0. The van der Waals surface area contributed by atoms with Gasteiger partial charge in [0, 0.05) is 6.42 Å². The van der Waals surface area contributed by atoms with Gasteiger partial charge in [0.25, 0.3) is 0 Å². The van der Waals surface area contributed by atoms with Crippen LogP contribution < -0.4 is 0 Å². The highest BCUT2D eigenvalue weighted by molar-refractivity contribution is 5.70. The first-order valence-corrected chi connectivity index (χ1v) is 8.99. The normalized spacial score (nSPS) is 21.5. The third-order valence-corrected chi connectivity index (χ3v) is 4.88. The van der Waals surface area contributed by atoms with Crippen LogP contribution in [0.1, 0.15) is 84.0 Å². The lowest BCUT2D eigenvalue weighted by molar-refractivity contribution is -0.142. The number of hydrogen-bond acceptors (Lipinski definition) is 2. The predicted molar refractivity (Wildman–Crippen MR) is 86.8 cm³/mol. The largest absolute Gasteiger partial charge is 0.481 e. The van der Waals surface area contributed by atoms with Gasteiger partial charge in [-0.2, -0.15) is 0 Å². The number of carboxylic acids is 2. The van der Waals surface area contributed by atoms with Crippen LogP contribution in [0.25, 0.3) is 0 Å². The van der Waals surface area contributed by atoms with E-state index in [1.807, 2.05) is 0 Å². The van der Waals surface area contributed by atoms with E-state index in [4.69, 9.17) is 5.11 Å². The van der Waals surface area contributed by atoms with Crippen LogP contribution in [0.2, 0.25) is 0 Å². The zero-order valence-electron chi connectivity index (χ0n) is 13.9.